The molecule has 0 aliphatic carbocycles. The molecule has 0 aromatic carbocycles. The second-order valence-electron chi connectivity index (χ2n) is 3.23. The van der Waals surface area contributed by atoms with Gasteiger partial charge in [-0.2, -0.15) is 8.42 Å². The zero-order valence-corrected chi connectivity index (χ0v) is 8.92. The molecule has 6 heteroatoms. The van der Waals surface area contributed by atoms with Crippen LogP contribution in [0.4, 0.5) is 0 Å². The Labute approximate surface area is 83.5 Å². The molecule has 0 unspecified atom stereocenters. The van der Waals surface area contributed by atoms with E-state index >= 15 is 0 Å². The van der Waals surface area contributed by atoms with Crippen LogP contribution in [0.2, 0.25) is 0 Å². The zero-order chi connectivity index (χ0) is 10.6. The summed E-state index contributed by atoms with van der Waals surface area (Å²) >= 11 is 0. The maximum Gasteiger partial charge on any atom is 0.264 e. The average Bonchev–Trinajstić information content (AvgIpc) is 2.44. The number of H-pyrrole nitrogens is 1. The Bertz CT molecular complexity index is 383. The van der Waals surface area contributed by atoms with E-state index in [0.29, 0.717) is 6.42 Å². The maximum absolute atomic E-state index is 10.4. The van der Waals surface area contributed by atoms with Gasteiger partial charge >= 0.3 is 0 Å². The fraction of sp³-hybridized carbons (Fsp3) is 0.625. The third-order valence-electron chi connectivity index (χ3n) is 2.03. The van der Waals surface area contributed by atoms with Crippen molar-refractivity contribution >= 4 is 10.1 Å². The molecule has 0 fully saturated rings. The van der Waals surface area contributed by atoms with Gasteiger partial charge in [0.15, 0.2) is 0 Å². The number of aromatic amines is 1. The molecule has 1 rings (SSSR count). The van der Waals surface area contributed by atoms with Gasteiger partial charge < -0.3 is 0 Å². The van der Waals surface area contributed by atoms with Gasteiger partial charge in [-0.05, 0) is 12.8 Å². The van der Waals surface area contributed by atoms with Gasteiger partial charge in [0.05, 0.1) is 12.3 Å². The number of hydrogen-bond donors (Lipinski definition) is 2. The van der Waals surface area contributed by atoms with Crippen molar-refractivity contribution in [1.29, 1.82) is 0 Å². The third-order valence-corrected chi connectivity index (χ3v) is 2.83. The van der Waals surface area contributed by atoms with E-state index in [0.717, 1.165) is 18.8 Å². The Morgan fingerprint density at radius 3 is 2.71 bits per heavy atom. The quantitative estimate of drug-likeness (QED) is 0.424. The van der Waals surface area contributed by atoms with Gasteiger partial charge in [-0.3, -0.25) is 4.55 Å². The van der Waals surface area contributed by atoms with Crippen LogP contribution >= 0.6 is 0 Å². The van der Waals surface area contributed by atoms with Crippen molar-refractivity contribution in [3.8, 4) is 0 Å². The predicted octanol–water partition coefficient (Wildman–Crippen LogP) is 0.279. The minimum atomic E-state index is -3.79. The van der Waals surface area contributed by atoms with E-state index in [4.69, 9.17) is 4.55 Å². The number of unbranched alkanes of at least 4 members (excludes halogenated alkanes) is 1. The molecule has 0 saturated carbocycles. The smallest absolute Gasteiger partial charge is 0.264 e. The summed E-state index contributed by atoms with van der Waals surface area (Å²) in [6, 6.07) is 0. The first-order valence-corrected chi connectivity index (χ1v) is 6.08. The molecule has 0 radical (unpaired) electrons. The summed E-state index contributed by atoms with van der Waals surface area (Å²) in [6.45, 7) is 2.72. The highest BCUT2D eigenvalue weighted by molar-refractivity contribution is 7.85. The van der Waals surface area contributed by atoms with E-state index in [1.807, 2.05) is 23.9 Å². The lowest BCUT2D eigenvalue weighted by molar-refractivity contribution is -0.701. The molecule has 0 aliphatic rings. The number of hydrogen-bond acceptors (Lipinski definition) is 2. The second kappa shape index (κ2) is 4.56. The molecule has 5 nitrogen and oxygen atoms in total. The van der Waals surface area contributed by atoms with Crippen LogP contribution in [0, 0.1) is 6.92 Å². The van der Waals surface area contributed by atoms with E-state index in [1.165, 1.54) is 0 Å². The van der Waals surface area contributed by atoms with Crippen molar-refractivity contribution in [1.82, 2.24) is 4.98 Å². The lowest BCUT2D eigenvalue weighted by Gasteiger charge is -1.97. The number of aromatic nitrogens is 2. The minimum Gasteiger partial charge on any atom is -0.286 e. The van der Waals surface area contributed by atoms with Crippen LogP contribution in [0.1, 0.15) is 18.7 Å². The first-order chi connectivity index (χ1) is 6.49. The standard InChI is InChI=1S/C8H14N2O3S/c1-8-9-4-6-10(8)5-2-3-7-14(11,12)13/h4,6H,2-3,5,7H2,1H3,(H,11,12,13)/p+1. The fourth-order valence-electron chi connectivity index (χ4n) is 1.25. The highest BCUT2D eigenvalue weighted by Gasteiger charge is 2.06. The Kier molecular flexibility index (Phi) is 3.65. The van der Waals surface area contributed by atoms with E-state index < -0.39 is 10.1 Å². The molecule has 80 valence electrons. The molecule has 1 heterocycles. The Morgan fingerprint density at radius 2 is 2.21 bits per heavy atom. The maximum atomic E-state index is 10.4. The van der Waals surface area contributed by atoms with Crippen molar-refractivity contribution in [2.24, 2.45) is 0 Å². The summed E-state index contributed by atoms with van der Waals surface area (Å²) < 4.78 is 31.3. The SMILES string of the molecule is Cc1[nH]cc[n+]1CCCCS(=O)(=O)O. The number of nitrogens with zero attached hydrogens (tertiary/aromatic N) is 1. The van der Waals surface area contributed by atoms with Crippen molar-refractivity contribution in [3.05, 3.63) is 18.2 Å². The summed E-state index contributed by atoms with van der Waals surface area (Å²) in [5, 5.41) is 0. The van der Waals surface area contributed by atoms with Crippen LogP contribution in [-0.4, -0.2) is 23.7 Å². The molecular formula is C8H15N2O3S+. The average molecular weight is 219 g/mol. The molecule has 0 amide bonds. The van der Waals surface area contributed by atoms with Crippen LogP contribution in [0.15, 0.2) is 12.4 Å². The first-order valence-electron chi connectivity index (χ1n) is 4.47. The number of nitrogens with one attached hydrogen (secondary N) is 1. The molecule has 1 aromatic heterocycles. The monoisotopic (exact) mass is 219 g/mol. The van der Waals surface area contributed by atoms with E-state index in [1.54, 1.807) is 0 Å². The topological polar surface area (TPSA) is 74.0 Å². The van der Waals surface area contributed by atoms with Crippen LogP contribution in [0.3, 0.4) is 0 Å². The number of aryl methyl sites for hydroxylation is 2. The third kappa shape index (κ3) is 3.89. The lowest BCUT2D eigenvalue weighted by atomic mass is 10.3. The molecule has 2 N–H and O–H groups in total. The van der Waals surface area contributed by atoms with Crippen LogP contribution in [0.25, 0.3) is 0 Å². The highest BCUT2D eigenvalue weighted by Crippen LogP contribution is 1.94. The second-order valence-corrected chi connectivity index (χ2v) is 4.80. The number of rotatable bonds is 5. The zero-order valence-electron chi connectivity index (χ0n) is 8.10. The molecular weight excluding hydrogens is 204 g/mol. The van der Waals surface area contributed by atoms with Crippen LogP contribution in [0.5, 0.6) is 0 Å². The molecule has 0 bridgehead atoms. The predicted molar refractivity (Wildman–Crippen MR) is 51.4 cm³/mol. The molecule has 0 saturated heterocycles. The molecule has 0 spiro atoms. The lowest BCUT2D eigenvalue weighted by Crippen LogP contribution is -2.34. The van der Waals surface area contributed by atoms with Gasteiger partial charge in [0, 0.05) is 6.92 Å². The largest absolute Gasteiger partial charge is 0.286 e. The van der Waals surface area contributed by atoms with Gasteiger partial charge in [-0.25, -0.2) is 9.55 Å². The van der Waals surface area contributed by atoms with E-state index in [-0.39, 0.29) is 5.75 Å². The fourth-order valence-corrected chi connectivity index (χ4v) is 1.82. The summed E-state index contributed by atoms with van der Waals surface area (Å²) in [5.41, 5.74) is 0. The van der Waals surface area contributed by atoms with Crippen molar-refractivity contribution in [3.63, 3.8) is 0 Å². The van der Waals surface area contributed by atoms with E-state index in [9.17, 15) is 8.42 Å². The Morgan fingerprint density at radius 1 is 1.50 bits per heavy atom. The normalized spacial score (nSPS) is 11.9. The van der Waals surface area contributed by atoms with E-state index in [2.05, 4.69) is 4.98 Å². The van der Waals surface area contributed by atoms with Crippen molar-refractivity contribution in [2.45, 2.75) is 26.3 Å². The Balaban J connectivity index is 2.26. The van der Waals surface area contributed by atoms with Gasteiger partial charge in [0.2, 0.25) is 0 Å². The summed E-state index contributed by atoms with van der Waals surface area (Å²) in [5.74, 6) is 0.883. The summed E-state index contributed by atoms with van der Waals surface area (Å²) in [7, 11) is -3.79. The van der Waals surface area contributed by atoms with Crippen molar-refractivity contribution in [2.75, 3.05) is 5.75 Å². The van der Waals surface area contributed by atoms with Crippen LogP contribution < -0.4 is 4.57 Å². The molecule has 0 aliphatic heterocycles. The van der Waals surface area contributed by atoms with Gasteiger partial charge in [-0.15, -0.1) is 0 Å². The van der Waals surface area contributed by atoms with Gasteiger partial charge in [-0.1, -0.05) is 0 Å². The number of imidazole rings is 1. The van der Waals surface area contributed by atoms with Crippen molar-refractivity contribution < 1.29 is 17.5 Å². The molecule has 1 aromatic rings. The Hall–Kier alpha value is -0.880. The minimum absolute atomic E-state index is 0.156. The van der Waals surface area contributed by atoms with Gasteiger partial charge in [0.1, 0.15) is 12.4 Å². The summed E-state index contributed by atoms with van der Waals surface area (Å²) in [4.78, 5) is 3.02. The van der Waals surface area contributed by atoms with Crippen LogP contribution in [-0.2, 0) is 16.7 Å². The van der Waals surface area contributed by atoms with Gasteiger partial charge in [0.25, 0.3) is 15.9 Å². The highest BCUT2D eigenvalue weighted by atomic mass is 32.2. The first kappa shape index (κ1) is 11.2. The summed E-state index contributed by atoms with van der Waals surface area (Å²) in [6.07, 6.45) is 4.96. The molecule has 14 heavy (non-hydrogen) atoms. The molecule has 0 atom stereocenters.